The van der Waals surface area contributed by atoms with Crippen molar-refractivity contribution in [1.29, 1.82) is 0 Å². The number of likely N-dealkylation sites (tertiary alicyclic amines) is 1. The second-order valence-corrected chi connectivity index (χ2v) is 4.88. The van der Waals surface area contributed by atoms with Crippen LogP contribution in [0.4, 0.5) is 0 Å². The minimum absolute atomic E-state index is 0.0471. The minimum Gasteiger partial charge on any atom is -0.351 e. The predicted molar refractivity (Wildman–Crippen MR) is 77.0 cm³/mol. The number of carbonyl (C=O) groups excluding carboxylic acids is 1. The van der Waals surface area contributed by atoms with Gasteiger partial charge in [-0.15, -0.1) is 6.42 Å². The van der Waals surface area contributed by atoms with Gasteiger partial charge in [-0.2, -0.15) is 0 Å². The van der Waals surface area contributed by atoms with Crippen LogP contribution in [0.25, 0.3) is 0 Å². The summed E-state index contributed by atoms with van der Waals surface area (Å²) in [5, 5.41) is 2.95. The first kappa shape index (κ1) is 13.6. The van der Waals surface area contributed by atoms with E-state index in [-0.39, 0.29) is 5.91 Å². The van der Waals surface area contributed by atoms with Crippen molar-refractivity contribution in [3.63, 3.8) is 0 Å². The van der Waals surface area contributed by atoms with Crippen molar-refractivity contribution in [2.45, 2.75) is 19.3 Å². The highest BCUT2D eigenvalue weighted by Gasteiger charge is 2.10. The molecule has 1 N–H and O–H groups in total. The monoisotopic (exact) mass is 256 g/mol. The highest BCUT2D eigenvalue weighted by atomic mass is 16.1. The molecule has 3 nitrogen and oxygen atoms in total. The zero-order valence-electron chi connectivity index (χ0n) is 11.2. The molecule has 0 radical (unpaired) electrons. The number of rotatable bonds is 4. The number of amides is 1. The number of terminal acetylenes is 1. The van der Waals surface area contributed by atoms with Crippen molar-refractivity contribution < 1.29 is 4.79 Å². The van der Waals surface area contributed by atoms with Gasteiger partial charge in [0, 0.05) is 24.2 Å². The zero-order chi connectivity index (χ0) is 13.5. The van der Waals surface area contributed by atoms with Crippen LogP contribution in [-0.2, 0) is 0 Å². The molecule has 100 valence electrons. The lowest BCUT2D eigenvalue weighted by Gasteiger charge is -2.26. The lowest BCUT2D eigenvalue weighted by molar-refractivity contribution is 0.0946. The Bertz CT molecular complexity index is 470. The minimum atomic E-state index is -0.0471. The van der Waals surface area contributed by atoms with E-state index < -0.39 is 0 Å². The molecule has 1 fully saturated rings. The smallest absolute Gasteiger partial charge is 0.251 e. The normalized spacial score (nSPS) is 15.7. The van der Waals surface area contributed by atoms with Crippen LogP contribution in [0.5, 0.6) is 0 Å². The SMILES string of the molecule is C#Cc1cccc(C(=O)NCCN2CCCCC2)c1. The van der Waals surface area contributed by atoms with Crippen LogP contribution in [0.3, 0.4) is 0 Å². The van der Waals surface area contributed by atoms with E-state index in [9.17, 15) is 4.79 Å². The number of hydrogen-bond acceptors (Lipinski definition) is 2. The van der Waals surface area contributed by atoms with Crippen LogP contribution in [0.1, 0.15) is 35.2 Å². The number of nitrogens with zero attached hydrogens (tertiary/aromatic N) is 1. The second kappa shape index (κ2) is 6.96. The third kappa shape index (κ3) is 4.11. The van der Waals surface area contributed by atoms with Crippen molar-refractivity contribution in [3.8, 4) is 12.3 Å². The van der Waals surface area contributed by atoms with Gasteiger partial charge in [-0.05, 0) is 44.1 Å². The summed E-state index contributed by atoms with van der Waals surface area (Å²) in [6.07, 6.45) is 9.22. The van der Waals surface area contributed by atoms with E-state index in [1.54, 1.807) is 12.1 Å². The molecule has 19 heavy (non-hydrogen) atoms. The quantitative estimate of drug-likeness (QED) is 0.834. The van der Waals surface area contributed by atoms with Gasteiger partial charge >= 0.3 is 0 Å². The third-order valence-corrected chi connectivity index (χ3v) is 3.45. The van der Waals surface area contributed by atoms with E-state index in [0.29, 0.717) is 12.1 Å². The van der Waals surface area contributed by atoms with E-state index >= 15 is 0 Å². The van der Waals surface area contributed by atoms with E-state index in [2.05, 4.69) is 16.1 Å². The van der Waals surface area contributed by atoms with Crippen molar-refractivity contribution in [3.05, 3.63) is 35.4 Å². The summed E-state index contributed by atoms with van der Waals surface area (Å²) < 4.78 is 0. The Labute approximate surface area is 115 Å². The number of carbonyl (C=O) groups is 1. The molecule has 3 heteroatoms. The Hall–Kier alpha value is -1.79. The molecule has 1 amide bonds. The molecule has 1 aliphatic rings. The molecule has 0 aliphatic carbocycles. The Morgan fingerprint density at radius 1 is 1.32 bits per heavy atom. The molecular formula is C16H20N2O. The maximum absolute atomic E-state index is 12.0. The van der Waals surface area contributed by atoms with Gasteiger partial charge in [0.25, 0.3) is 5.91 Å². The van der Waals surface area contributed by atoms with Crippen LogP contribution < -0.4 is 5.32 Å². The molecule has 1 aromatic rings. The summed E-state index contributed by atoms with van der Waals surface area (Å²) in [7, 11) is 0. The van der Waals surface area contributed by atoms with Crippen LogP contribution in [0.15, 0.2) is 24.3 Å². The first-order valence-corrected chi connectivity index (χ1v) is 6.87. The van der Waals surface area contributed by atoms with Gasteiger partial charge in [-0.1, -0.05) is 18.4 Å². The molecule has 0 saturated carbocycles. The third-order valence-electron chi connectivity index (χ3n) is 3.45. The predicted octanol–water partition coefficient (Wildman–Crippen LogP) is 1.88. The van der Waals surface area contributed by atoms with Crippen LogP contribution in [0.2, 0.25) is 0 Å². The largest absolute Gasteiger partial charge is 0.351 e. The van der Waals surface area contributed by atoms with Crippen LogP contribution in [-0.4, -0.2) is 37.0 Å². The Kier molecular flexibility index (Phi) is 5.00. The maximum Gasteiger partial charge on any atom is 0.251 e. The molecule has 1 heterocycles. The van der Waals surface area contributed by atoms with Crippen molar-refractivity contribution in [2.75, 3.05) is 26.2 Å². The molecule has 2 rings (SSSR count). The van der Waals surface area contributed by atoms with Gasteiger partial charge in [-0.3, -0.25) is 4.79 Å². The molecule has 0 aromatic heterocycles. The van der Waals surface area contributed by atoms with Gasteiger partial charge in [0.1, 0.15) is 0 Å². The molecular weight excluding hydrogens is 236 g/mol. The highest BCUT2D eigenvalue weighted by Crippen LogP contribution is 2.07. The Balaban J connectivity index is 1.79. The maximum atomic E-state index is 12.0. The van der Waals surface area contributed by atoms with Gasteiger partial charge in [-0.25, -0.2) is 0 Å². The number of hydrogen-bond donors (Lipinski definition) is 1. The summed E-state index contributed by atoms with van der Waals surface area (Å²) >= 11 is 0. The number of piperidine rings is 1. The summed E-state index contributed by atoms with van der Waals surface area (Å²) in [6.45, 7) is 3.94. The fourth-order valence-electron chi connectivity index (χ4n) is 2.36. The molecule has 0 unspecified atom stereocenters. The average molecular weight is 256 g/mol. The van der Waals surface area contributed by atoms with Gasteiger partial charge in [0.05, 0.1) is 0 Å². The van der Waals surface area contributed by atoms with E-state index in [1.165, 1.54) is 19.3 Å². The number of benzene rings is 1. The molecule has 0 atom stereocenters. The lowest BCUT2D eigenvalue weighted by Crippen LogP contribution is -2.37. The van der Waals surface area contributed by atoms with Crippen LogP contribution in [0, 0.1) is 12.3 Å². The fraction of sp³-hybridized carbons (Fsp3) is 0.438. The lowest BCUT2D eigenvalue weighted by atomic mass is 10.1. The second-order valence-electron chi connectivity index (χ2n) is 4.88. The van der Waals surface area contributed by atoms with Crippen molar-refractivity contribution >= 4 is 5.91 Å². The first-order valence-electron chi connectivity index (χ1n) is 6.87. The van der Waals surface area contributed by atoms with Gasteiger partial charge < -0.3 is 10.2 Å². The van der Waals surface area contributed by atoms with E-state index in [4.69, 9.17) is 6.42 Å². The van der Waals surface area contributed by atoms with Crippen molar-refractivity contribution in [1.82, 2.24) is 10.2 Å². The fourth-order valence-corrected chi connectivity index (χ4v) is 2.36. The standard InChI is InChI=1S/C16H20N2O/c1-2-14-7-6-8-15(13-14)16(19)17-9-12-18-10-4-3-5-11-18/h1,6-8,13H,3-5,9-12H2,(H,17,19). The number of nitrogens with one attached hydrogen (secondary N) is 1. The summed E-state index contributed by atoms with van der Waals surface area (Å²) in [4.78, 5) is 14.4. The first-order chi connectivity index (χ1) is 9.29. The topological polar surface area (TPSA) is 32.3 Å². The van der Waals surface area contributed by atoms with Gasteiger partial charge in [0.2, 0.25) is 0 Å². The molecule has 1 saturated heterocycles. The Morgan fingerprint density at radius 3 is 2.84 bits per heavy atom. The average Bonchev–Trinajstić information content (AvgIpc) is 2.48. The molecule has 1 aliphatic heterocycles. The summed E-state index contributed by atoms with van der Waals surface area (Å²) in [5.41, 5.74) is 1.37. The van der Waals surface area contributed by atoms with Crippen molar-refractivity contribution in [2.24, 2.45) is 0 Å². The Morgan fingerprint density at radius 2 is 2.11 bits per heavy atom. The highest BCUT2D eigenvalue weighted by molar-refractivity contribution is 5.94. The van der Waals surface area contributed by atoms with E-state index in [0.717, 1.165) is 25.2 Å². The zero-order valence-corrected chi connectivity index (χ0v) is 11.2. The van der Waals surface area contributed by atoms with E-state index in [1.807, 2.05) is 12.1 Å². The molecule has 0 spiro atoms. The van der Waals surface area contributed by atoms with Crippen LogP contribution >= 0.6 is 0 Å². The summed E-state index contributed by atoms with van der Waals surface area (Å²) in [5.74, 6) is 2.49. The molecule has 1 aromatic carbocycles. The molecule has 0 bridgehead atoms. The summed E-state index contributed by atoms with van der Waals surface area (Å²) in [6, 6.07) is 7.17. The van der Waals surface area contributed by atoms with Gasteiger partial charge in [0.15, 0.2) is 0 Å².